The molecule has 0 aliphatic rings. The number of methoxy groups -OCH3 is 1. The topological polar surface area (TPSA) is 111 Å². The summed E-state index contributed by atoms with van der Waals surface area (Å²) in [5, 5.41) is 12.2. The van der Waals surface area contributed by atoms with Gasteiger partial charge in [-0.3, -0.25) is 4.79 Å². The number of rotatable bonds is 9. The number of nitrogens with one attached hydrogen (secondary N) is 1. The van der Waals surface area contributed by atoms with E-state index in [1.807, 2.05) is 0 Å². The van der Waals surface area contributed by atoms with E-state index in [-0.39, 0.29) is 41.0 Å². The number of carboxylic acid groups (broad SMARTS) is 1. The molecule has 196 valence electrons. The van der Waals surface area contributed by atoms with Crippen LogP contribution in [0.3, 0.4) is 0 Å². The average molecular weight is 538 g/mol. The third kappa shape index (κ3) is 6.95. The summed E-state index contributed by atoms with van der Waals surface area (Å²) in [6.45, 7) is 2.80. The Morgan fingerprint density at radius 1 is 1.11 bits per heavy atom. The van der Waals surface area contributed by atoms with Crippen LogP contribution in [0.15, 0.2) is 48.7 Å². The zero-order valence-corrected chi connectivity index (χ0v) is 20.8. The van der Waals surface area contributed by atoms with Gasteiger partial charge in [-0.15, -0.1) is 0 Å². The number of aliphatic carboxylic acids is 1. The molecule has 0 radical (unpaired) electrons. The Morgan fingerprint density at radius 3 is 2.35 bits per heavy atom. The molecule has 3 rings (SSSR count). The van der Waals surface area contributed by atoms with Gasteiger partial charge in [0.15, 0.2) is 11.4 Å². The van der Waals surface area contributed by atoms with Gasteiger partial charge in [0.2, 0.25) is 0 Å². The van der Waals surface area contributed by atoms with Crippen molar-refractivity contribution < 1.29 is 37.3 Å². The number of ether oxygens (including phenoxy) is 2. The van der Waals surface area contributed by atoms with E-state index in [4.69, 9.17) is 21.1 Å². The summed E-state index contributed by atoms with van der Waals surface area (Å²) < 4.78 is 49.1. The first-order valence-corrected chi connectivity index (χ1v) is 11.2. The van der Waals surface area contributed by atoms with Crippen molar-refractivity contribution in [2.24, 2.45) is 0 Å². The fourth-order valence-electron chi connectivity index (χ4n) is 3.14. The lowest BCUT2D eigenvalue weighted by Crippen LogP contribution is -2.37. The molecule has 8 nitrogen and oxygen atoms in total. The number of amides is 1. The summed E-state index contributed by atoms with van der Waals surface area (Å²) >= 11 is 6.28. The van der Waals surface area contributed by atoms with Gasteiger partial charge in [-0.05, 0) is 43.7 Å². The van der Waals surface area contributed by atoms with E-state index in [1.54, 1.807) is 6.07 Å². The van der Waals surface area contributed by atoms with E-state index < -0.39 is 29.2 Å². The molecule has 0 saturated heterocycles. The molecule has 1 amide bonds. The van der Waals surface area contributed by atoms with E-state index in [1.165, 1.54) is 51.4 Å². The lowest BCUT2D eigenvalue weighted by atomic mass is 10.1. The van der Waals surface area contributed by atoms with Gasteiger partial charge >= 0.3 is 12.1 Å². The number of hydrogen-bond donors (Lipinski definition) is 2. The number of aromatic nitrogens is 2. The second-order valence-corrected chi connectivity index (χ2v) is 8.82. The number of alkyl halides is 3. The van der Waals surface area contributed by atoms with Crippen molar-refractivity contribution in [1.29, 1.82) is 0 Å². The monoisotopic (exact) mass is 537 g/mol. The number of carbonyl (C=O) groups is 2. The van der Waals surface area contributed by atoms with Gasteiger partial charge in [-0.2, -0.15) is 13.2 Å². The molecule has 0 atom stereocenters. The van der Waals surface area contributed by atoms with Crippen molar-refractivity contribution in [3.63, 3.8) is 0 Å². The molecule has 0 spiro atoms. The van der Waals surface area contributed by atoms with Crippen LogP contribution < -0.4 is 10.1 Å². The average Bonchev–Trinajstić information content (AvgIpc) is 2.83. The van der Waals surface area contributed by atoms with E-state index >= 15 is 0 Å². The number of benzene rings is 2. The van der Waals surface area contributed by atoms with E-state index in [2.05, 4.69) is 15.3 Å². The molecular weight excluding hydrogens is 515 g/mol. The van der Waals surface area contributed by atoms with Gasteiger partial charge in [-0.1, -0.05) is 29.8 Å². The van der Waals surface area contributed by atoms with Crippen LogP contribution in [-0.4, -0.2) is 39.7 Å². The van der Waals surface area contributed by atoms with Crippen LogP contribution in [0.1, 0.15) is 41.0 Å². The van der Waals surface area contributed by atoms with Crippen molar-refractivity contribution in [2.45, 2.75) is 38.8 Å². The molecule has 2 N–H and O–H groups in total. The molecule has 2 aromatic carbocycles. The molecule has 12 heteroatoms. The normalized spacial score (nSPS) is 11.8. The summed E-state index contributed by atoms with van der Waals surface area (Å²) in [6, 6.07) is 8.94. The number of nitrogens with zero attached hydrogens (tertiary/aromatic N) is 2. The zero-order chi connectivity index (χ0) is 27.4. The molecule has 0 fully saturated rings. The molecule has 3 aromatic rings. The minimum atomic E-state index is -4.46. The van der Waals surface area contributed by atoms with Crippen LogP contribution in [0.25, 0.3) is 11.4 Å². The highest BCUT2D eigenvalue weighted by Crippen LogP contribution is 2.30. The summed E-state index contributed by atoms with van der Waals surface area (Å²) in [7, 11) is 1.41. The number of halogens is 4. The summed E-state index contributed by atoms with van der Waals surface area (Å²) in [5.74, 6) is -1.27. The lowest BCUT2D eigenvalue weighted by molar-refractivity contribution is -0.152. The minimum absolute atomic E-state index is 0.0351. The molecule has 1 heterocycles. The van der Waals surface area contributed by atoms with Gasteiger partial charge in [-0.25, -0.2) is 14.8 Å². The Kier molecular flexibility index (Phi) is 8.39. The fraction of sp³-hybridized carbons (Fsp3) is 0.280. The number of carboxylic acids is 1. The molecule has 0 aliphatic carbocycles. The van der Waals surface area contributed by atoms with Crippen LogP contribution in [0.4, 0.5) is 13.2 Å². The van der Waals surface area contributed by atoms with Crippen molar-refractivity contribution in [3.8, 4) is 17.1 Å². The predicted octanol–water partition coefficient (Wildman–Crippen LogP) is 5.13. The first-order chi connectivity index (χ1) is 17.3. The van der Waals surface area contributed by atoms with Gasteiger partial charge in [0, 0.05) is 30.4 Å². The molecule has 0 saturated carbocycles. The van der Waals surface area contributed by atoms with Crippen molar-refractivity contribution >= 4 is 23.5 Å². The van der Waals surface area contributed by atoms with Gasteiger partial charge in [0.05, 0.1) is 23.4 Å². The van der Waals surface area contributed by atoms with Crippen molar-refractivity contribution in [1.82, 2.24) is 15.3 Å². The number of carbonyl (C=O) groups excluding carboxylic acids is 1. The summed E-state index contributed by atoms with van der Waals surface area (Å²) in [5.41, 5.74) is -0.993. The first kappa shape index (κ1) is 27.9. The van der Waals surface area contributed by atoms with E-state index in [0.29, 0.717) is 11.1 Å². The van der Waals surface area contributed by atoms with Gasteiger partial charge in [0.25, 0.3) is 5.91 Å². The zero-order valence-electron chi connectivity index (χ0n) is 20.0. The molecule has 0 aliphatic heterocycles. The number of hydrogen-bond acceptors (Lipinski definition) is 6. The molecule has 1 aromatic heterocycles. The highest BCUT2D eigenvalue weighted by Gasteiger charge is 2.30. The fourth-order valence-corrected chi connectivity index (χ4v) is 3.38. The maximum Gasteiger partial charge on any atom is 0.416 e. The summed E-state index contributed by atoms with van der Waals surface area (Å²) in [6.07, 6.45) is -3.19. The SMILES string of the molecule is COCc1nc(-c2ccc(C(F)(F)F)cc2)ncc1C(=O)NCc1ccc(OC(C)(C)C(=O)O)cc1Cl. The quantitative estimate of drug-likeness (QED) is 0.389. The van der Waals surface area contributed by atoms with Crippen molar-refractivity contribution in [2.75, 3.05) is 7.11 Å². The van der Waals surface area contributed by atoms with Crippen LogP contribution in [-0.2, 0) is 28.9 Å². The maximum absolute atomic E-state index is 12.9. The Hall–Kier alpha value is -3.70. The van der Waals surface area contributed by atoms with Crippen LogP contribution in [0.2, 0.25) is 5.02 Å². The smallest absolute Gasteiger partial charge is 0.416 e. The third-order valence-corrected chi connectivity index (χ3v) is 5.57. The van der Waals surface area contributed by atoms with Crippen LogP contribution >= 0.6 is 11.6 Å². The maximum atomic E-state index is 12.9. The van der Waals surface area contributed by atoms with E-state index in [0.717, 1.165) is 12.1 Å². The molecule has 37 heavy (non-hydrogen) atoms. The van der Waals surface area contributed by atoms with Gasteiger partial charge in [0.1, 0.15) is 5.75 Å². The Balaban J connectivity index is 1.75. The standard InChI is InChI=1S/C25H23ClF3N3O5/c1-24(2,23(34)35)37-17-9-6-15(19(26)10-17)11-31-22(33)18-12-30-21(32-20(18)13-36-3)14-4-7-16(8-5-14)25(27,28)29/h4-10,12H,11,13H2,1-3H3,(H,31,33)(H,34,35). The molecule has 0 bridgehead atoms. The third-order valence-electron chi connectivity index (χ3n) is 5.22. The van der Waals surface area contributed by atoms with Crippen LogP contribution in [0, 0.1) is 0 Å². The van der Waals surface area contributed by atoms with Gasteiger partial charge < -0.3 is 19.9 Å². The largest absolute Gasteiger partial charge is 0.478 e. The second kappa shape index (κ2) is 11.1. The predicted molar refractivity (Wildman–Crippen MR) is 128 cm³/mol. The molecular formula is C25H23ClF3N3O5. The highest BCUT2D eigenvalue weighted by molar-refractivity contribution is 6.31. The minimum Gasteiger partial charge on any atom is -0.478 e. The van der Waals surface area contributed by atoms with Crippen molar-refractivity contribution in [3.05, 3.63) is 76.1 Å². The first-order valence-electron chi connectivity index (χ1n) is 10.8. The Labute approximate surface area is 215 Å². The van der Waals surface area contributed by atoms with Crippen LogP contribution in [0.5, 0.6) is 5.75 Å². The Bertz CT molecular complexity index is 1300. The second-order valence-electron chi connectivity index (χ2n) is 8.42. The highest BCUT2D eigenvalue weighted by atomic mass is 35.5. The lowest BCUT2D eigenvalue weighted by Gasteiger charge is -2.22. The summed E-state index contributed by atoms with van der Waals surface area (Å²) in [4.78, 5) is 32.5. The Morgan fingerprint density at radius 2 is 1.78 bits per heavy atom. The van der Waals surface area contributed by atoms with E-state index in [9.17, 15) is 27.9 Å². The molecule has 0 unspecified atom stereocenters.